The van der Waals surface area contributed by atoms with E-state index < -0.39 is 13.0 Å². The van der Waals surface area contributed by atoms with E-state index in [0.717, 1.165) is 12.1 Å². The maximum Gasteiger partial charge on any atom is 0.272 e. The van der Waals surface area contributed by atoms with Crippen LogP contribution >= 0.6 is 0 Å². The van der Waals surface area contributed by atoms with Crippen molar-refractivity contribution in [2.75, 3.05) is 13.2 Å². The SMILES string of the molecule is CCNC(C)c1ccc(OCC(F)F)nc1. The molecule has 1 heterocycles. The van der Waals surface area contributed by atoms with Crippen molar-refractivity contribution in [2.45, 2.75) is 26.3 Å². The number of halogens is 2. The Hall–Kier alpha value is -1.23. The Labute approximate surface area is 93.8 Å². The molecule has 1 rings (SSSR count). The van der Waals surface area contributed by atoms with Crippen LogP contribution in [0.1, 0.15) is 25.5 Å². The van der Waals surface area contributed by atoms with Crippen molar-refractivity contribution in [1.82, 2.24) is 10.3 Å². The smallest absolute Gasteiger partial charge is 0.272 e. The highest BCUT2D eigenvalue weighted by atomic mass is 19.3. The Balaban J connectivity index is 2.53. The molecule has 1 aromatic heterocycles. The molecule has 0 radical (unpaired) electrons. The van der Waals surface area contributed by atoms with Crippen molar-refractivity contribution in [3.8, 4) is 5.88 Å². The van der Waals surface area contributed by atoms with Crippen LogP contribution in [0, 0.1) is 0 Å². The molecule has 0 aromatic carbocycles. The molecule has 3 nitrogen and oxygen atoms in total. The molecule has 0 aliphatic carbocycles. The van der Waals surface area contributed by atoms with E-state index in [0.29, 0.717) is 0 Å². The number of aromatic nitrogens is 1. The number of alkyl halides is 2. The third-order valence-electron chi connectivity index (χ3n) is 2.13. The number of hydrogen-bond donors (Lipinski definition) is 1. The fourth-order valence-corrected chi connectivity index (χ4v) is 1.31. The van der Waals surface area contributed by atoms with Crippen LogP contribution in [0.5, 0.6) is 5.88 Å². The van der Waals surface area contributed by atoms with Gasteiger partial charge >= 0.3 is 0 Å². The summed E-state index contributed by atoms with van der Waals surface area (Å²) in [5.74, 6) is 0.229. The summed E-state index contributed by atoms with van der Waals surface area (Å²) in [6.07, 6.45) is -0.837. The summed E-state index contributed by atoms with van der Waals surface area (Å²) in [5, 5.41) is 3.23. The van der Waals surface area contributed by atoms with Crippen molar-refractivity contribution in [3.63, 3.8) is 0 Å². The van der Waals surface area contributed by atoms with E-state index >= 15 is 0 Å². The topological polar surface area (TPSA) is 34.1 Å². The summed E-state index contributed by atoms with van der Waals surface area (Å²) in [5.41, 5.74) is 1.01. The molecule has 0 saturated heterocycles. The fourth-order valence-electron chi connectivity index (χ4n) is 1.31. The van der Waals surface area contributed by atoms with Gasteiger partial charge in [-0.15, -0.1) is 0 Å². The second-order valence-corrected chi connectivity index (χ2v) is 3.41. The minimum absolute atomic E-state index is 0.196. The molecule has 1 aromatic rings. The number of nitrogens with one attached hydrogen (secondary N) is 1. The highest BCUT2D eigenvalue weighted by molar-refractivity contribution is 5.20. The van der Waals surface area contributed by atoms with Crippen LogP contribution in [0.25, 0.3) is 0 Å². The summed E-state index contributed by atoms with van der Waals surface area (Å²) in [7, 11) is 0. The van der Waals surface area contributed by atoms with Gasteiger partial charge in [0, 0.05) is 18.3 Å². The first-order valence-corrected chi connectivity index (χ1v) is 5.23. The average Bonchev–Trinajstić information content (AvgIpc) is 2.27. The molecule has 0 fully saturated rings. The van der Waals surface area contributed by atoms with Gasteiger partial charge < -0.3 is 10.1 Å². The van der Waals surface area contributed by atoms with Gasteiger partial charge in [0.1, 0.15) is 0 Å². The molecule has 5 heteroatoms. The van der Waals surface area contributed by atoms with E-state index in [9.17, 15) is 8.78 Å². The largest absolute Gasteiger partial charge is 0.472 e. The Morgan fingerprint density at radius 3 is 2.69 bits per heavy atom. The third kappa shape index (κ3) is 4.10. The van der Waals surface area contributed by atoms with Crippen LogP contribution in [0.15, 0.2) is 18.3 Å². The maximum absolute atomic E-state index is 11.9. The molecule has 1 unspecified atom stereocenters. The van der Waals surface area contributed by atoms with E-state index in [1.807, 2.05) is 19.9 Å². The molecule has 0 aliphatic heterocycles. The van der Waals surface area contributed by atoms with Crippen molar-refractivity contribution in [3.05, 3.63) is 23.9 Å². The molecule has 90 valence electrons. The van der Waals surface area contributed by atoms with Crippen molar-refractivity contribution >= 4 is 0 Å². The van der Waals surface area contributed by atoms with Gasteiger partial charge in [0.05, 0.1) is 0 Å². The van der Waals surface area contributed by atoms with E-state index in [4.69, 9.17) is 4.74 Å². The zero-order chi connectivity index (χ0) is 12.0. The Bertz CT molecular complexity index is 303. The highest BCUT2D eigenvalue weighted by Crippen LogP contribution is 2.14. The quantitative estimate of drug-likeness (QED) is 0.814. The molecule has 1 atom stereocenters. The van der Waals surface area contributed by atoms with Crippen LogP contribution in [-0.4, -0.2) is 24.6 Å². The third-order valence-corrected chi connectivity index (χ3v) is 2.13. The van der Waals surface area contributed by atoms with Crippen LogP contribution in [0.3, 0.4) is 0 Å². The van der Waals surface area contributed by atoms with Gasteiger partial charge in [-0.1, -0.05) is 13.0 Å². The highest BCUT2D eigenvalue weighted by Gasteiger charge is 2.06. The predicted octanol–water partition coefficient (Wildman–Crippen LogP) is 2.40. The molecule has 0 spiro atoms. The monoisotopic (exact) mass is 230 g/mol. The van der Waals surface area contributed by atoms with Crippen LogP contribution in [0.4, 0.5) is 8.78 Å². The van der Waals surface area contributed by atoms with E-state index in [1.54, 1.807) is 12.3 Å². The molecule has 1 N–H and O–H groups in total. The van der Waals surface area contributed by atoms with E-state index in [-0.39, 0.29) is 11.9 Å². The van der Waals surface area contributed by atoms with Gasteiger partial charge in [0.25, 0.3) is 6.43 Å². The van der Waals surface area contributed by atoms with Gasteiger partial charge in [-0.2, -0.15) is 0 Å². The lowest BCUT2D eigenvalue weighted by molar-refractivity contribution is 0.0796. The first kappa shape index (κ1) is 12.8. The summed E-state index contributed by atoms with van der Waals surface area (Å²) in [6, 6.07) is 3.62. The van der Waals surface area contributed by atoms with Gasteiger partial charge in [-0.3, -0.25) is 0 Å². The summed E-state index contributed by atoms with van der Waals surface area (Å²) < 4.78 is 28.5. The number of hydrogen-bond acceptors (Lipinski definition) is 3. The average molecular weight is 230 g/mol. The standard InChI is InChI=1S/C11H16F2N2O/c1-3-14-8(2)9-4-5-11(15-6-9)16-7-10(12)13/h4-6,8,10,14H,3,7H2,1-2H3. The normalized spacial score (nSPS) is 12.8. The maximum atomic E-state index is 11.9. The zero-order valence-corrected chi connectivity index (χ0v) is 9.41. The number of pyridine rings is 1. The van der Waals surface area contributed by atoms with Gasteiger partial charge in [0.2, 0.25) is 5.88 Å². The number of nitrogens with zero attached hydrogens (tertiary/aromatic N) is 1. The summed E-state index contributed by atoms with van der Waals surface area (Å²) in [4.78, 5) is 3.96. The molecular formula is C11H16F2N2O. The fraction of sp³-hybridized carbons (Fsp3) is 0.545. The van der Waals surface area contributed by atoms with Crippen LogP contribution in [0.2, 0.25) is 0 Å². The van der Waals surface area contributed by atoms with Crippen LogP contribution < -0.4 is 10.1 Å². The van der Waals surface area contributed by atoms with Gasteiger partial charge in [-0.05, 0) is 19.0 Å². The number of rotatable bonds is 6. The number of ether oxygens (including phenoxy) is 1. The molecular weight excluding hydrogens is 214 g/mol. The molecule has 0 amide bonds. The Morgan fingerprint density at radius 1 is 1.44 bits per heavy atom. The molecule has 0 aliphatic rings. The van der Waals surface area contributed by atoms with E-state index in [1.165, 1.54) is 0 Å². The zero-order valence-electron chi connectivity index (χ0n) is 9.41. The second-order valence-electron chi connectivity index (χ2n) is 3.41. The minimum atomic E-state index is -2.47. The summed E-state index contributed by atoms with van der Waals surface area (Å²) in [6.45, 7) is 4.28. The Kier molecular flexibility index (Phi) is 5.11. The molecule has 16 heavy (non-hydrogen) atoms. The molecule has 0 bridgehead atoms. The molecule has 0 saturated carbocycles. The van der Waals surface area contributed by atoms with E-state index in [2.05, 4.69) is 10.3 Å². The minimum Gasteiger partial charge on any atom is -0.472 e. The lowest BCUT2D eigenvalue weighted by Gasteiger charge is -2.12. The first-order chi connectivity index (χ1) is 7.63. The second kappa shape index (κ2) is 6.37. The first-order valence-electron chi connectivity index (χ1n) is 5.23. The van der Waals surface area contributed by atoms with Crippen LogP contribution in [-0.2, 0) is 0 Å². The van der Waals surface area contributed by atoms with Crippen molar-refractivity contribution < 1.29 is 13.5 Å². The van der Waals surface area contributed by atoms with Crippen molar-refractivity contribution in [2.24, 2.45) is 0 Å². The Morgan fingerprint density at radius 2 is 2.19 bits per heavy atom. The predicted molar refractivity (Wildman–Crippen MR) is 57.8 cm³/mol. The summed E-state index contributed by atoms with van der Waals surface area (Å²) >= 11 is 0. The lowest BCUT2D eigenvalue weighted by atomic mass is 10.1. The van der Waals surface area contributed by atoms with Crippen molar-refractivity contribution in [1.29, 1.82) is 0 Å². The van der Waals surface area contributed by atoms with Gasteiger partial charge in [0.15, 0.2) is 6.61 Å². The lowest BCUT2D eigenvalue weighted by Crippen LogP contribution is -2.17. The van der Waals surface area contributed by atoms with Gasteiger partial charge in [-0.25, -0.2) is 13.8 Å².